The Morgan fingerprint density at radius 3 is 2.80 bits per heavy atom. The number of ether oxygens (including phenoxy) is 1. The Labute approximate surface area is 119 Å². The van der Waals surface area contributed by atoms with Gasteiger partial charge in [-0.2, -0.15) is 0 Å². The molecule has 112 valence electrons. The highest BCUT2D eigenvalue weighted by Crippen LogP contribution is 2.30. The van der Waals surface area contributed by atoms with Crippen molar-refractivity contribution in [3.63, 3.8) is 0 Å². The monoisotopic (exact) mass is 282 g/mol. The van der Waals surface area contributed by atoms with Crippen molar-refractivity contribution >= 4 is 0 Å². The zero-order valence-corrected chi connectivity index (χ0v) is 12.0. The van der Waals surface area contributed by atoms with Gasteiger partial charge in [0.05, 0.1) is 25.4 Å². The van der Waals surface area contributed by atoms with E-state index in [9.17, 15) is 9.50 Å². The number of hydrogen-bond donors (Lipinski definition) is 2. The van der Waals surface area contributed by atoms with Gasteiger partial charge in [0, 0.05) is 24.2 Å². The highest BCUT2D eigenvalue weighted by Gasteiger charge is 2.34. The Morgan fingerprint density at radius 1 is 1.50 bits per heavy atom. The molecule has 1 aliphatic rings. The van der Waals surface area contributed by atoms with Crippen molar-refractivity contribution in [2.45, 2.75) is 38.1 Å². The van der Waals surface area contributed by atoms with E-state index in [0.29, 0.717) is 18.7 Å². The van der Waals surface area contributed by atoms with Gasteiger partial charge >= 0.3 is 0 Å². The highest BCUT2D eigenvalue weighted by atomic mass is 19.1. The van der Waals surface area contributed by atoms with E-state index in [4.69, 9.17) is 10.5 Å². The van der Waals surface area contributed by atoms with E-state index in [2.05, 4.69) is 4.90 Å². The van der Waals surface area contributed by atoms with E-state index < -0.39 is 0 Å². The Hall–Kier alpha value is -1.01. The molecule has 1 fully saturated rings. The number of rotatable bonds is 4. The SMILES string of the molecule is CC(N)C(c1ccccc1F)N1CC(CO)OCC1C. The van der Waals surface area contributed by atoms with E-state index in [-0.39, 0.29) is 36.7 Å². The Morgan fingerprint density at radius 2 is 2.20 bits per heavy atom. The molecule has 1 aromatic carbocycles. The van der Waals surface area contributed by atoms with E-state index in [0.717, 1.165) is 0 Å². The Kier molecular flexibility index (Phi) is 5.10. The van der Waals surface area contributed by atoms with Crippen molar-refractivity contribution in [1.29, 1.82) is 0 Å². The van der Waals surface area contributed by atoms with Crippen LogP contribution in [-0.4, -0.2) is 48.0 Å². The number of nitrogens with two attached hydrogens (primary N) is 1. The van der Waals surface area contributed by atoms with E-state index in [1.54, 1.807) is 12.1 Å². The number of hydrogen-bond acceptors (Lipinski definition) is 4. The van der Waals surface area contributed by atoms with Crippen LogP contribution < -0.4 is 5.73 Å². The van der Waals surface area contributed by atoms with Crippen LogP contribution in [0.2, 0.25) is 0 Å². The third-order valence-electron chi connectivity index (χ3n) is 3.84. The number of halogens is 1. The number of aliphatic hydroxyl groups excluding tert-OH is 1. The maximum atomic E-state index is 14.1. The molecule has 5 heteroatoms. The van der Waals surface area contributed by atoms with Crippen molar-refractivity contribution in [3.8, 4) is 0 Å². The van der Waals surface area contributed by atoms with Crippen LogP contribution in [0.3, 0.4) is 0 Å². The summed E-state index contributed by atoms with van der Waals surface area (Å²) in [5, 5.41) is 9.28. The minimum absolute atomic E-state index is 0.0356. The van der Waals surface area contributed by atoms with Gasteiger partial charge in [-0.15, -0.1) is 0 Å². The van der Waals surface area contributed by atoms with Crippen LogP contribution in [0.1, 0.15) is 25.5 Å². The lowest BCUT2D eigenvalue weighted by Crippen LogP contribution is -2.54. The second-order valence-corrected chi connectivity index (χ2v) is 5.51. The molecule has 3 N–H and O–H groups in total. The molecule has 0 saturated carbocycles. The van der Waals surface area contributed by atoms with E-state index in [1.165, 1.54) is 6.07 Å². The maximum absolute atomic E-state index is 14.1. The molecule has 1 aliphatic heterocycles. The molecule has 0 aliphatic carbocycles. The van der Waals surface area contributed by atoms with Crippen LogP contribution in [0, 0.1) is 5.82 Å². The fourth-order valence-corrected chi connectivity index (χ4v) is 2.82. The summed E-state index contributed by atoms with van der Waals surface area (Å²) in [5.74, 6) is -0.242. The second kappa shape index (κ2) is 6.63. The van der Waals surface area contributed by atoms with Crippen LogP contribution >= 0.6 is 0 Å². The molecule has 4 unspecified atom stereocenters. The topological polar surface area (TPSA) is 58.7 Å². The molecule has 0 aromatic heterocycles. The van der Waals surface area contributed by atoms with Crippen LogP contribution in [0.15, 0.2) is 24.3 Å². The average Bonchev–Trinajstić information content (AvgIpc) is 2.43. The third kappa shape index (κ3) is 3.17. The van der Waals surface area contributed by atoms with E-state index in [1.807, 2.05) is 19.9 Å². The average molecular weight is 282 g/mol. The lowest BCUT2D eigenvalue weighted by molar-refractivity contribution is -0.0944. The van der Waals surface area contributed by atoms with Crippen molar-refractivity contribution in [3.05, 3.63) is 35.6 Å². The van der Waals surface area contributed by atoms with Crippen molar-refractivity contribution in [2.24, 2.45) is 5.73 Å². The van der Waals surface area contributed by atoms with Gasteiger partial charge in [0.15, 0.2) is 0 Å². The smallest absolute Gasteiger partial charge is 0.128 e. The first-order valence-electron chi connectivity index (χ1n) is 7.02. The van der Waals surface area contributed by atoms with E-state index >= 15 is 0 Å². The second-order valence-electron chi connectivity index (χ2n) is 5.51. The van der Waals surface area contributed by atoms with Gasteiger partial charge < -0.3 is 15.6 Å². The highest BCUT2D eigenvalue weighted by molar-refractivity contribution is 5.23. The van der Waals surface area contributed by atoms with Crippen LogP contribution in [0.4, 0.5) is 4.39 Å². The largest absolute Gasteiger partial charge is 0.394 e. The van der Waals surface area contributed by atoms with Crippen molar-refractivity contribution in [1.82, 2.24) is 4.90 Å². The van der Waals surface area contributed by atoms with Gasteiger partial charge in [0.25, 0.3) is 0 Å². The Balaban J connectivity index is 2.30. The standard InChI is InChI=1S/C15H23FN2O2/c1-10-9-20-12(8-19)7-18(10)15(11(2)17)13-5-3-4-6-14(13)16/h3-6,10-12,15,19H,7-9,17H2,1-2H3. The predicted octanol–water partition coefficient (Wildman–Crippen LogP) is 1.30. The molecule has 0 amide bonds. The zero-order valence-electron chi connectivity index (χ0n) is 12.0. The lowest BCUT2D eigenvalue weighted by Gasteiger charge is -2.44. The Bertz CT molecular complexity index is 442. The molecule has 4 atom stereocenters. The van der Waals surface area contributed by atoms with Gasteiger partial charge in [-0.1, -0.05) is 18.2 Å². The number of nitrogens with zero attached hydrogens (tertiary/aromatic N) is 1. The minimum Gasteiger partial charge on any atom is -0.394 e. The number of aliphatic hydroxyl groups is 1. The zero-order chi connectivity index (χ0) is 14.7. The molecule has 0 bridgehead atoms. The number of morpholine rings is 1. The summed E-state index contributed by atoms with van der Waals surface area (Å²) < 4.78 is 19.6. The van der Waals surface area contributed by atoms with Gasteiger partial charge in [0.1, 0.15) is 5.82 Å². The van der Waals surface area contributed by atoms with Gasteiger partial charge in [-0.25, -0.2) is 4.39 Å². The van der Waals surface area contributed by atoms with Gasteiger partial charge in [-0.3, -0.25) is 4.90 Å². The van der Waals surface area contributed by atoms with Gasteiger partial charge in [-0.05, 0) is 19.9 Å². The van der Waals surface area contributed by atoms with Crippen molar-refractivity contribution < 1.29 is 14.2 Å². The summed E-state index contributed by atoms with van der Waals surface area (Å²) >= 11 is 0. The molecule has 0 spiro atoms. The summed E-state index contributed by atoms with van der Waals surface area (Å²) in [5.41, 5.74) is 6.71. The fraction of sp³-hybridized carbons (Fsp3) is 0.600. The first-order chi connectivity index (χ1) is 9.54. The summed E-state index contributed by atoms with van der Waals surface area (Å²) in [6.45, 7) is 4.95. The molecular formula is C15H23FN2O2. The summed E-state index contributed by atoms with van der Waals surface area (Å²) in [7, 11) is 0. The fourth-order valence-electron chi connectivity index (χ4n) is 2.82. The number of benzene rings is 1. The van der Waals surface area contributed by atoms with Crippen LogP contribution in [-0.2, 0) is 4.74 Å². The lowest BCUT2D eigenvalue weighted by atomic mass is 9.96. The molecule has 20 heavy (non-hydrogen) atoms. The quantitative estimate of drug-likeness (QED) is 0.874. The minimum atomic E-state index is -0.242. The molecule has 0 radical (unpaired) electrons. The maximum Gasteiger partial charge on any atom is 0.128 e. The molecule has 1 saturated heterocycles. The van der Waals surface area contributed by atoms with Crippen molar-refractivity contribution in [2.75, 3.05) is 19.8 Å². The molecule has 1 aromatic rings. The molecule has 4 nitrogen and oxygen atoms in total. The molecule has 2 rings (SSSR count). The van der Waals surface area contributed by atoms with Crippen LogP contribution in [0.5, 0.6) is 0 Å². The molecule has 1 heterocycles. The normalized spacial score (nSPS) is 27.2. The predicted molar refractivity (Wildman–Crippen MR) is 75.8 cm³/mol. The van der Waals surface area contributed by atoms with Crippen LogP contribution in [0.25, 0.3) is 0 Å². The molecular weight excluding hydrogens is 259 g/mol. The first-order valence-corrected chi connectivity index (χ1v) is 7.02. The van der Waals surface area contributed by atoms with Gasteiger partial charge in [0.2, 0.25) is 0 Å². The third-order valence-corrected chi connectivity index (χ3v) is 3.84. The summed E-state index contributed by atoms with van der Waals surface area (Å²) in [6, 6.07) is 6.43. The first kappa shape index (κ1) is 15.4. The summed E-state index contributed by atoms with van der Waals surface area (Å²) in [6.07, 6.45) is -0.237. The summed E-state index contributed by atoms with van der Waals surface area (Å²) in [4.78, 5) is 2.13.